The predicted octanol–water partition coefficient (Wildman–Crippen LogP) is 5.25. The number of rotatable bonds is 12. The molecule has 0 radical (unpaired) electrons. The van der Waals surface area contributed by atoms with Gasteiger partial charge < -0.3 is 26.5 Å². The fraction of sp³-hybridized carbons (Fsp3) is 0.500. The van der Waals surface area contributed by atoms with Gasteiger partial charge in [-0.25, -0.2) is 4.98 Å². The molecule has 1 rings (SSSR count). The number of aryl methyl sites for hydroxylation is 1. The summed E-state index contributed by atoms with van der Waals surface area (Å²) in [6, 6.07) is 4.48. The van der Waals surface area contributed by atoms with Crippen LogP contribution in [-0.2, 0) is 4.79 Å². The van der Waals surface area contributed by atoms with Gasteiger partial charge in [0.1, 0.15) is 5.82 Å². The minimum Gasteiger partial charge on any atom is -0.481 e. The summed E-state index contributed by atoms with van der Waals surface area (Å²) < 4.78 is 13.0. The summed E-state index contributed by atoms with van der Waals surface area (Å²) in [6.45, 7) is 12.0. The number of carbonyl (C=O) groups is 1. The largest absolute Gasteiger partial charge is 0.481 e. The number of halogens is 1. The topological polar surface area (TPSA) is 133 Å². The van der Waals surface area contributed by atoms with Crippen LogP contribution in [0.4, 0.5) is 10.2 Å². The number of aromatic nitrogens is 2. The highest BCUT2D eigenvalue weighted by Crippen LogP contribution is 2.19. The van der Waals surface area contributed by atoms with Gasteiger partial charge in [-0.3, -0.25) is 9.59 Å². The van der Waals surface area contributed by atoms with E-state index < -0.39 is 17.8 Å². The normalized spacial score (nSPS) is 13.0. The molecule has 1 aromatic heterocycles. The maximum atomic E-state index is 13.0. The number of hydrogen-bond acceptors (Lipinski definition) is 6. The van der Waals surface area contributed by atoms with Gasteiger partial charge in [0.15, 0.2) is 5.95 Å². The van der Waals surface area contributed by atoms with Gasteiger partial charge in [-0.1, -0.05) is 46.1 Å². The van der Waals surface area contributed by atoms with Crippen molar-refractivity contribution in [3.63, 3.8) is 0 Å². The highest BCUT2D eigenvalue weighted by molar-refractivity contribution is 5.73. The van der Waals surface area contributed by atoms with Crippen LogP contribution in [0.25, 0.3) is 0 Å². The fourth-order valence-corrected chi connectivity index (χ4v) is 3.11. The molecular formula is C26H42FN5O3. The van der Waals surface area contributed by atoms with Gasteiger partial charge in [-0.15, -0.1) is 0 Å². The molecule has 0 fully saturated rings. The molecule has 2 unspecified atom stereocenters. The number of aliphatic carboxylic acids is 1. The Morgan fingerprint density at radius 3 is 2.54 bits per heavy atom. The summed E-state index contributed by atoms with van der Waals surface area (Å²) in [5.74, 6) is -2.45. The first kappa shape index (κ1) is 31.6. The van der Waals surface area contributed by atoms with Gasteiger partial charge in [-0.05, 0) is 51.0 Å². The smallest absolute Gasteiger partial charge is 0.312 e. The molecule has 0 amide bonds. The average Bonchev–Trinajstić information content (AvgIpc) is 2.81. The lowest BCUT2D eigenvalue weighted by atomic mass is 10.0. The Morgan fingerprint density at radius 2 is 1.94 bits per heavy atom. The number of allylic oxidation sites excluding steroid dienone is 2. The van der Waals surface area contributed by atoms with Gasteiger partial charge in [0.2, 0.25) is 0 Å². The molecule has 1 aromatic rings. The molecule has 0 saturated heterocycles. The highest BCUT2D eigenvalue weighted by Gasteiger charge is 2.19. The summed E-state index contributed by atoms with van der Waals surface area (Å²) in [5, 5.41) is 15.8. The molecule has 0 aromatic carbocycles. The molecule has 0 aliphatic carbocycles. The third-order valence-corrected chi connectivity index (χ3v) is 5.02. The summed E-state index contributed by atoms with van der Waals surface area (Å²) >= 11 is 0. The van der Waals surface area contributed by atoms with Gasteiger partial charge in [0.05, 0.1) is 12.0 Å². The van der Waals surface area contributed by atoms with Gasteiger partial charge in [-0.2, -0.15) is 4.39 Å². The second kappa shape index (κ2) is 18.0. The molecule has 0 bridgehead atoms. The first-order chi connectivity index (χ1) is 16.6. The Morgan fingerprint density at radius 1 is 1.26 bits per heavy atom. The number of anilines is 1. The van der Waals surface area contributed by atoms with E-state index in [0.717, 1.165) is 37.3 Å². The summed E-state index contributed by atoms with van der Waals surface area (Å²) in [6.07, 6.45) is 8.19. The van der Waals surface area contributed by atoms with Crippen LogP contribution in [0.5, 0.6) is 0 Å². The molecule has 35 heavy (non-hydrogen) atoms. The third-order valence-electron chi connectivity index (χ3n) is 5.02. The van der Waals surface area contributed by atoms with Crippen molar-refractivity contribution in [1.82, 2.24) is 15.3 Å². The van der Waals surface area contributed by atoms with Crippen molar-refractivity contribution in [1.29, 1.82) is 0 Å². The van der Waals surface area contributed by atoms with E-state index in [1.807, 2.05) is 27.7 Å². The third kappa shape index (κ3) is 13.2. The van der Waals surface area contributed by atoms with Crippen molar-refractivity contribution in [3.05, 3.63) is 69.8 Å². The number of carboxylic acids is 1. The molecule has 196 valence electrons. The zero-order chi connectivity index (χ0) is 26.8. The van der Waals surface area contributed by atoms with Crippen LogP contribution in [0.15, 0.2) is 53.0 Å². The first-order valence-corrected chi connectivity index (χ1v) is 12.2. The van der Waals surface area contributed by atoms with Crippen LogP contribution in [0.1, 0.15) is 77.6 Å². The zero-order valence-corrected chi connectivity index (χ0v) is 21.8. The Labute approximate surface area is 208 Å². The molecule has 2 atom stereocenters. The molecule has 1 heterocycles. The number of unbranched alkanes of at least 4 members (excludes halogenated alkanes) is 3. The summed E-state index contributed by atoms with van der Waals surface area (Å²) in [7, 11) is 0. The lowest BCUT2D eigenvalue weighted by molar-refractivity contribution is -0.140. The van der Waals surface area contributed by atoms with Crippen LogP contribution in [0.2, 0.25) is 0 Å². The molecule has 0 aliphatic heterocycles. The number of hydrogen-bond donors (Lipinski definition) is 5. The van der Waals surface area contributed by atoms with Gasteiger partial charge in [0, 0.05) is 30.2 Å². The van der Waals surface area contributed by atoms with Gasteiger partial charge in [0.25, 0.3) is 5.56 Å². The lowest BCUT2D eigenvalue weighted by Crippen LogP contribution is -2.27. The van der Waals surface area contributed by atoms with Crippen molar-refractivity contribution >= 4 is 11.8 Å². The highest BCUT2D eigenvalue weighted by atomic mass is 19.1. The van der Waals surface area contributed by atoms with E-state index in [0.29, 0.717) is 23.8 Å². The molecule has 9 heteroatoms. The summed E-state index contributed by atoms with van der Waals surface area (Å²) in [4.78, 5) is 30.8. The average molecular weight is 492 g/mol. The lowest BCUT2D eigenvalue weighted by Gasteiger charge is -2.21. The van der Waals surface area contributed by atoms with Gasteiger partial charge >= 0.3 is 5.97 Å². The molecular weight excluding hydrogens is 449 g/mol. The number of carboxylic acid groups (broad SMARTS) is 1. The number of nitrogens with one attached hydrogen (secondary N) is 3. The standard InChI is InChI=1S/C24H36FN5O3.C2H6/c1-5-6-7-8-13-27-22-15-23(31)28-14-9-10-19(18(4)30-22)17(3)29-20(11-12-21(25)26)16(2)24(32)33;1-2/h9-12,14-17,29H,5-8,13,26H2,1-4H3,(H,27,30)(H,28,31)(H,32,33);1-2H3/b20-11+,21-12-;. The number of nitrogens with zero attached hydrogens (tertiary/aromatic N) is 1. The predicted molar refractivity (Wildman–Crippen MR) is 141 cm³/mol. The Hall–Kier alpha value is -3.36. The molecule has 0 spiro atoms. The van der Waals surface area contributed by atoms with E-state index in [1.165, 1.54) is 25.3 Å². The first-order valence-electron chi connectivity index (χ1n) is 12.2. The monoisotopic (exact) mass is 491 g/mol. The fourth-order valence-electron chi connectivity index (χ4n) is 3.11. The maximum Gasteiger partial charge on any atom is 0.312 e. The van der Waals surface area contributed by atoms with Crippen molar-refractivity contribution in [2.75, 3.05) is 11.9 Å². The Bertz CT molecular complexity index is 954. The van der Waals surface area contributed by atoms with Crippen molar-refractivity contribution in [2.24, 2.45) is 11.7 Å². The molecule has 0 saturated carbocycles. The SMILES string of the molecule is CC.CCCCCCNc1cc(=O)[nH]cccc(C(C)N/C(=C/C=C(\N)F)C(C)C(=O)O)c(C)n1. The molecule has 6 N–H and O–H groups in total. The van der Waals surface area contributed by atoms with Crippen molar-refractivity contribution in [2.45, 2.75) is 73.3 Å². The quantitative estimate of drug-likeness (QED) is 0.153. The zero-order valence-electron chi connectivity index (χ0n) is 21.8. The minimum absolute atomic E-state index is 0.294. The second-order valence-corrected chi connectivity index (χ2v) is 7.80. The Balaban J connectivity index is 0.00000562. The van der Waals surface area contributed by atoms with Crippen LogP contribution >= 0.6 is 0 Å². The van der Waals surface area contributed by atoms with Crippen LogP contribution < -0.4 is 21.9 Å². The van der Waals surface area contributed by atoms with Crippen LogP contribution in [0, 0.1) is 12.8 Å². The number of nitrogens with two attached hydrogens (primary N) is 1. The summed E-state index contributed by atoms with van der Waals surface area (Å²) in [5.41, 5.74) is 6.47. The Kier molecular flexibility index (Phi) is 16.3. The number of aromatic amines is 1. The maximum absolute atomic E-state index is 13.0. The van der Waals surface area contributed by atoms with Crippen molar-refractivity contribution < 1.29 is 14.3 Å². The van der Waals surface area contributed by atoms with E-state index in [-0.39, 0.29) is 11.6 Å². The minimum atomic E-state index is -1.06. The van der Waals surface area contributed by atoms with E-state index >= 15 is 0 Å². The molecule has 8 nitrogen and oxygen atoms in total. The van der Waals surface area contributed by atoms with E-state index in [4.69, 9.17) is 5.73 Å². The van der Waals surface area contributed by atoms with E-state index in [2.05, 4.69) is 27.5 Å². The van der Waals surface area contributed by atoms with Crippen molar-refractivity contribution in [3.8, 4) is 0 Å². The number of H-pyrrole nitrogens is 1. The molecule has 0 aliphatic rings. The van der Waals surface area contributed by atoms with Crippen LogP contribution in [-0.4, -0.2) is 27.6 Å². The van der Waals surface area contributed by atoms with E-state index in [1.54, 1.807) is 12.1 Å². The second-order valence-electron chi connectivity index (χ2n) is 7.80. The van der Waals surface area contributed by atoms with Crippen LogP contribution in [0.3, 0.4) is 0 Å². The van der Waals surface area contributed by atoms with E-state index in [9.17, 15) is 19.1 Å².